The molecule has 1 amide bonds. The highest BCUT2D eigenvalue weighted by Gasteiger charge is 2.11. The van der Waals surface area contributed by atoms with Gasteiger partial charge in [0, 0.05) is 36.3 Å². The van der Waals surface area contributed by atoms with Crippen molar-refractivity contribution >= 4 is 22.5 Å². The summed E-state index contributed by atoms with van der Waals surface area (Å²) in [4.78, 5) is 15.1. The Morgan fingerprint density at radius 1 is 1.09 bits per heavy atom. The van der Waals surface area contributed by atoms with Crippen LogP contribution < -0.4 is 15.0 Å². The third-order valence-electron chi connectivity index (χ3n) is 5.79. The molecule has 0 aliphatic carbocycles. The predicted molar refractivity (Wildman–Crippen MR) is 133 cm³/mol. The van der Waals surface area contributed by atoms with Crippen molar-refractivity contribution in [2.75, 3.05) is 31.6 Å². The van der Waals surface area contributed by atoms with Crippen LogP contribution in [0.25, 0.3) is 10.9 Å². The van der Waals surface area contributed by atoms with Gasteiger partial charge in [-0.15, -0.1) is 0 Å². The molecule has 1 aromatic heterocycles. The minimum atomic E-state index is -0.0775. The van der Waals surface area contributed by atoms with Crippen LogP contribution in [0.5, 0.6) is 5.75 Å². The zero-order valence-corrected chi connectivity index (χ0v) is 19.4. The number of anilines is 1. The summed E-state index contributed by atoms with van der Waals surface area (Å²) >= 11 is 0. The Morgan fingerprint density at radius 3 is 2.73 bits per heavy atom. The molecule has 1 heterocycles. The van der Waals surface area contributed by atoms with Gasteiger partial charge in [-0.1, -0.05) is 30.3 Å². The lowest BCUT2D eigenvalue weighted by atomic mass is 10.1. The summed E-state index contributed by atoms with van der Waals surface area (Å²) in [6.45, 7) is 7.03. The first kappa shape index (κ1) is 22.4. The lowest BCUT2D eigenvalue weighted by molar-refractivity contribution is 0.0954. The van der Waals surface area contributed by atoms with E-state index >= 15 is 0 Å². The number of amides is 1. The quantitative estimate of drug-likeness (QED) is 0.410. The van der Waals surface area contributed by atoms with Crippen LogP contribution in [0.3, 0.4) is 0 Å². The second-order valence-corrected chi connectivity index (χ2v) is 8.10. The second-order valence-electron chi connectivity index (χ2n) is 8.10. The standard InChI is InChI=1S/C27H30N4O2/c1-4-30(24-9-5-7-20(2)15-24)14-13-28-27(32)22-11-12-23-18-29-31(26(23)17-22)19-21-8-6-10-25(16-21)33-3/h5-12,15-18H,4,13-14,19H2,1-3H3,(H,28,32). The fourth-order valence-corrected chi connectivity index (χ4v) is 3.98. The molecule has 1 N–H and O–H groups in total. The van der Waals surface area contributed by atoms with Crippen LogP contribution >= 0.6 is 0 Å². The normalized spacial score (nSPS) is 10.9. The number of aromatic nitrogens is 2. The molecule has 0 spiro atoms. The van der Waals surface area contributed by atoms with E-state index in [1.165, 1.54) is 11.3 Å². The molecule has 0 aliphatic heterocycles. The van der Waals surface area contributed by atoms with Crippen LogP contribution in [0.1, 0.15) is 28.4 Å². The Kier molecular flexibility index (Phi) is 6.93. The van der Waals surface area contributed by atoms with Crippen molar-refractivity contribution in [2.45, 2.75) is 20.4 Å². The van der Waals surface area contributed by atoms with Crippen LogP contribution in [0, 0.1) is 6.92 Å². The van der Waals surface area contributed by atoms with Gasteiger partial charge in [-0.25, -0.2) is 0 Å². The number of nitrogens with zero attached hydrogens (tertiary/aromatic N) is 3. The van der Waals surface area contributed by atoms with E-state index in [9.17, 15) is 4.79 Å². The summed E-state index contributed by atoms with van der Waals surface area (Å²) in [5, 5.41) is 8.59. The molecular formula is C27H30N4O2. The molecule has 6 heteroatoms. The number of hydrogen-bond acceptors (Lipinski definition) is 4. The van der Waals surface area contributed by atoms with Crippen LogP contribution in [0.4, 0.5) is 5.69 Å². The van der Waals surface area contributed by atoms with Crippen molar-refractivity contribution in [3.63, 3.8) is 0 Å². The molecular weight excluding hydrogens is 412 g/mol. The fourth-order valence-electron chi connectivity index (χ4n) is 3.98. The molecule has 33 heavy (non-hydrogen) atoms. The van der Waals surface area contributed by atoms with E-state index in [1.54, 1.807) is 7.11 Å². The van der Waals surface area contributed by atoms with Gasteiger partial charge in [0.1, 0.15) is 5.75 Å². The lowest BCUT2D eigenvalue weighted by Crippen LogP contribution is -2.35. The van der Waals surface area contributed by atoms with Crippen LogP contribution in [-0.4, -0.2) is 42.4 Å². The summed E-state index contributed by atoms with van der Waals surface area (Å²) in [6, 6.07) is 22.1. The van der Waals surface area contributed by atoms with Crippen molar-refractivity contribution < 1.29 is 9.53 Å². The van der Waals surface area contributed by atoms with E-state index in [4.69, 9.17) is 4.74 Å². The largest absolute Gasteiger partial charge is 0.497 e. The van der Waals surface area contributed by atoms with Gasteiger partial charge in [0.25, 0.3) is 5.91 Å². The van der Waals surface area contributed by atoms with Crippen molar-refractivity contribution in [3.05, 3.63) is 89.6 Å². The molecule has 4 rings (SSSR count). The molecule has 0 aliphatic rings. The van der Waals surface area contributed by atoms with E-state index in [0.29, 0.717) is 18.7 Å². The number of likely N-dealkylation sites (N-methyl/N-ethyl adjacent to an activating group) is 1. The Balaban J connectivity index is 1.43. The molecule has 0 atom stereocenters. The summed E-state index contributed by atoms with van der Waals surface area (Å²) in [5.41, 5.74) is 5.06. The number of aryl methyl sites for hydroxylation is 1. The first-order valence-corrected chi connectivity index (χ1v) is 11.3. The maximum Gasteiger partial charge on any atom is 0.251 e. The van der Waals surface area contributed by atoms with E-state index in [1.807, 2.05) is 53.3 Å². The van der Waals surface area contributed by atoms with E-state index in [0.717, 1.165) is 35.3 Å². The third-order valence-corrected chi connectivity index (χ3v) is 5.79. The monoisotopic (exact) mass is 442 g/mol. The number of carbonyl (C=O) groups excluding carboxylic acids is 1. The number of nitrogens with one attached hydrogen (secondary N) is 1. The maximum atomic E-state index is 12.8. The number of ether oxygens (including phenoxy) is 1. The minimum absolute atomic E-state index is 0.0775. The van der Waals surface area contributed by atoms with Gasteiger partial charge < -0.3 is 15.0 Å². The second kappa shape index (κ2) is 10.2. The van der Waals surface area contributed by atoms with Gasteiger partial charge in [-0.2, -0.15) is 5.10 Å². The van der Waals surface area contributed by atoms with E-state index in [-0.39, 0.29) is 5.91 Å². The zero-order chi connectivity index (χ0) is 23.2. The Labute approximate surface area is 194 Å². The van der Waals surface area contributed by atoms with Crippen LogP contribution in [0.2, 0.25) is 0 Å². The fraction of sp³-hybridized carbons (Fsp3) is 0.259. The molecule has 0 radical (unpaired) electrons. The topological polar surface area (TPSA) is 59.4 Å². The Hall–Kier alpha value is -3.80. The molecule has 0 unspecified atom stereocenters. The van der Waals surface area contributed by atoms with Gasteiger partial charge in [0.15, 0.2) is 0 Å². The van der Waals surface area contributed by atoms with E-state index < -0.39 is 0 Å². The molecule has 6 nitrogen and oxygen atoms in total. The van der Waals surface area contributed by atoms with Crippen molar-refractivity contribution in [2.24, 2.45) is 0 Å². The van der Waals surface area contributed by atoms with Gasteiger partial charge in [0.2, 0.25) is 0 Å². The third kappa shape index (κ3) is 5.34. The van der Waals surface area contributed by atoms with Crippen LogP contribution in [-0.2, 0) is 6.54 Å². The van der Waals surface area contributed by atoms with Crippen LogP contribution in [0.15, 0.2) is 72.9 Å². The highest BCUT2D eigenvalue weighted by atomic mass is 16.5. The molecule has 0 bridgehead atoms. The predicted octanol–water partition coefficient (Wildman–Crippen LogP) is 4.66. The minimum Gasteiger partial charge on any atom is -0.497 e. The van der Waals surface area contributed by atoms with Gasteiger partial charge in [-0.05, 0) is 61.4 Å². The van der Waals surface area contributed by atoms with Crippen molar-refractivity contribution in [3.8, 4) is 5.75 Å². The van der Waals surface area contributed by atoms with Crippen molar-refractivity contribution in [1.29, 1.82) is 0 Å². The van der Waals surface area contributed by atoms with Gasteiger partial charge >= 0.3 is 0 Å². The Morgan fingerprint density at radius 2 is 1.94 bits per heavy atom. The molecule has 170 valence electrons. The summed E-state index contributed by atoms with van der Waals surface area (Å²) < 4.78 is 7.24. The number of methoxy groups -OCH3 is 1. The number of benzene rings is 3. The highest BCUT2D eigenvalue weighted by Crippen LogP contribution is 2.19. The van der Waals surface area contributed by atoms with Crippen molar-refractivity contribution in [1.82, 2.24) is 15.1 Å². The smallest absolute Gasteiger partial charge is 0.251 e. The first-order valence-electron chi connectivity index (χ1n) is 11.3. The number of fused-ring (bicyclic) bond motifs is 1. The summed E-state index contributed by atoms with van der Waals surface area (Å²) in [7, 11) is 1.66. The molecule has 0 saturated carbocycles. The molecule has 3 aromatic carbocycles. The van der Waals surface area contributed by atoms with Gasteiger partial charge in [0.05, 0.1) is 25.4 Å². The zero-order valence-electron chi connectivity index (χ0n) is 19.4. The van der Waals surface area contributed by atoms with E-state index in [2.05, 4.69) is 53.4 Å². The average Bonchev–Trinajstić information content (AvgIpc) is 3.23. The molecule has 0 fully saturated rings. The molecule has 0 saturated heterocycles. The molecule has 4 aromatic rings. The SMILES string of the molecule is CCN(CCNC(=O)c1ccc2cnn(Cc3cccc(OC)c3)c2c1)c1cccc(C)c1. The Bertz CT molecular complexity index is 1250. The lowest BCUT2D eigenvalue weighted by Gasteiger charge is -2.23. The number of carbonyl (C=O) groups is 1. The highest BCUT2D eigenvalue weighted by molar-refractivity contribution is 5.97. The maximum absolute atomic E-state index is 12.8. The average molecular weight is 443 g/mol. The summed E-state index contributed by atoms with van der Waals surface area (Å²) in [6.07, 6.45) is 1.83. The van der Waals surface area contributed by atoms with Gasteiger partial charge in [-0.3, -0.25) is 9.48 Å². The number of hydrogen-bond donors (Lipinski definition) is 1. The first-order chi connectivity index (χ1) is 16.1. The summed E-state index contributed by atoms with van der Waals surface area (Å²) in [5.74, 6) is 0.738. The number of rotatable bonds is 9.